The van der Waals surface area contributed by atoms with Crippen molar-refractivity contribution < 1.29 is 10.2 Å². The van der Waals surface area contributed by atoms with Crippen molar-refractivity contribution in [2.75, 3.05) is 18.5 Å². The Labute approximate surface area is 74.3 Å². The lowest BCUT2D eigenvalue weighted by atomic mass is 10.3. The topological polar surface area (TPSA) is 98.2 Å². The van der Waals surface area contributed by atoms with Gasteiger partial charge in [0.25, 0.3) is 5.56 Å². The summed E-state index contributed by atoms with van der Waals surface area (Å²) in [6.45, 7) is -0.515. The molecule has 0 spiro atoms. The average molecular weight is 185 g/mol. The normalized spacial score (nSPS) is 10.4. The predicted octanol–water partition coefficient (Wildman–Crippen LogP) is -1.47. The first-order chi connectivity index (χ1) is 6.27. The molecule has 0 saturated heterocycles. The molecule has 0 unspecified atom stereocenters. The minimum atomic E-state index is -0.559. The molecular formula is C7H11N3O3. The third-order valence-electron chi connectivity index (χ3n) is 1.49. The molecule has 0 aliphatic carbocycles. The third-order valence-corrected chi connectivity index (χ3v) is 1.49. The summed E-state index contributed by atoms with van der Waals surface area (Å²) in [6.07, 6.45) is 2.82. The molecule has 4 N–H and O–H groups in total. The van der Waals surface area contributed by atoms with Gasteiger partial charge < -0.3 is 20.5 Å². The molecule has 1 aromatic rings. The van der Waals surface area contributed by atoms with Crippen LogP contribution in [0.25, 0.3) is 0 Å². The zero-order valence-electron chi connectivity index (χ0n) is 6.90. The molecule has 0 amide bonds. The summed E-state index contributed by atoms with van der Waals surface area (Å²) >= 11 is 0. The number of aliphatic hydroxyl groups is 2. The Bertz CT molecular complexity index is 308. The minimum Gasteiger partial charge on any atom is -0.394 e. The van der Waals surface area contributed by atoms with E-state index >= 15 is 0 Å². The molecule has 1 rings (SSSR count). The largest absolute Gasteiger partial charge is 0.394 e. The number of nitrogens with zero attached hydrogens (tertiary/aromatic N) is 1. The smallest absolute Gasteiger partial charge is 0.290 e. The summed E-state index contributed by atoms with van der Waals surface area (Å²) in [5.41, 5.74) is -0.380. The minimum absolute atomic E-state index is 0.0931. The van der Waals surface area contributed by atoms with Gasteiger partial charge in [-0.25, -0.2) is 4.98 Å². The number of aromatic nitrogens is 2. The number of anilines is 1. The van der Waals surface area contributed by atoms with Crippen LogP contribution < -0.4 is 10.9 Å². The van der Waals surface area contributed by atoms with E-state index < -0.39 is 6.04 Å². The highest BCUT2D eigenvalue weighted by Crippen LogP contribution is 1.93. The second kappa shape index (κ2) is 4.58. The molecule has 13 heavy (non-hydrogen) atoms. The molecule has 0 aromatic carbocycles. The van der Waals surface area contributed by atoms with Crippen LogP contribution in [0.4, 0.5) is 5.82 Å². The fourth-order valence-electron chi connectivity index (χ4n) is 0.797. The van der Waals surface area contributed by atoms with E-state index in [1.165, 1.54) is 12.4 Å². The van der Waals surface area contributed by atoms with Crippen molar-refractivity contribution in [1.82, 2.24) is 9.97 Å². The maximum Gasteiger partial charge on any atom is 0.290 e. The highest BCUT2D eigenvalue weighted by molar-refractivity contribution is 5.31. The van der Waals surface area contributed by atoms with Crippen LogP contribution in [0.1, 0.15) is 0 Å². The molecule has 0 fully saturated rings. The van der Waals surface area contributed by atoms with Gasteiger partial charge >= 0.3 is 0 Å². The van der Waals surface area contributed by atoms with Crippen LogP contribution in [0.5, 0.6) is 0 Å². The highest BCUT2D eigenvalue weighted by Gasteiger charge is 2.07. The van der Waals surface area contributed by atoms with Crippen molar-refractivity contribution in [3.63, 3.8) is 0 Å². The third kappa shape index (κ3) is 2.53. The van der Waals surface area contributed by atoms with Crippen LogP contribution >= 0.6 is 0 Å². The Morgan fingerprint density at radius 3 is 2.77 bits per heavy atom. The average Bonchev–Trinajstić information content (AvgIpc) is 2.17. The lowest BCUT2D eigenvalue weighted by Gasteiger charge is -2.12. The quantitative estimate of drug-likeness (QED) is 0.459. The molecule has 0 aliphatic heterocycles. The molecule has 0 atom stereocenters. The number of H-pyrrole nitrogens is 1. The van der Waals surface area contributed by atoms with Crippen molar-refractivity contribution in [3.05, 3.63) is 22.7 Å². The summed E-state index contributed by atoms with van der Waals surface area (Å²) in [5, 5.41) is 20.0. The summed E-state index contributed by atoms with van der Waals surface area (Å²) in [6, 6.07) is -0.559. The van der Waals surface area contributed by atoms with Crippen molar-refractivity contribution >= 4 is 5.82 Å². The highest BCUT2D eigenvalue weighted by atomic mass is 16.3. The van der Waals surface area contributed by atoms with Gasteiger partial charge in [-0.2, -0.15) is 0 Å². The molecule has 0 bridgehead atoms. The maximum atomic E-state index is 11.0. The summed E-state index contributed by atoms with van der Waals surface area (Å²) < 4.78 is 0. The molecule has 0 radical (unpaired) electrons. The molecule has 6 nitrogen and oxygen atoms in total. The zero-order valence-corrected chi connectivity index (χ0v) is 6.90. The monoisotopic (exact) mass is 185 g/mol. The van der Waals surface area contributed by atoms with Crippen LogP contribution in [0.3, 0.4) is 0 Å². The standard InChI is InChI=1S/C7H11N3O3/c11-3-5(4-12)10-6-7(13)9-2-1-8-6/h1-2,5,11-12H,3-4H2,(H,8,10)(H,9,13). The van der Waals surface area contributed by atoms with E-state index in [-0.39, 0.29) is 24.6 Å². The molecule has 1 aromatic heterocycles. The lowest BCUT2D eigenvalue weighted by molar-refractivity contribution is 0.203. The number of nitrogens with one attached hydrogen (secondary N) is 2. The number of hydrogen-bond donors (Lipinski definition) is 4. The maximum absolute atomic E-state index is 11.0. The summed E-state index contributed by atoms with van der Waals surface area (Å²) in [7, 11) is 0. The number of aliphatic hydroxyl groups excluding tert-OH is 2. The number of aromatic amines is 1. The fraction of sp³-hybridized carbons (Fsp3) is 0.429. The molecular weight excluding hydrogens is 174 g/mol. The van der Waals surface area contributed by atoms with E-state index in [2.05, 4.69) is 15.3 Å². The Morgan fingerprint density at radius 2 is 2.23 bits per heavy atom. The van der Waals surface area contributed by atoms with Crippen molar-refractivity contribution in [3.8, 4) is 0 Å². The Kier molecular flexibility index (Phi) is 3.41. The van der Waals surface area contributed by atoms with Crippen LogP contribution in [0, 0.1) is 0 Å². The Balaban J connectivity index is 2.73. The van der Waals surface area contributed by atoms with Crippen LogP contribution in [-0.2, 0) is 0 Å². The zero-order chi connectivity index (χ0) is 9.68. The second-order valence-corrected chi connectivity index (χ2v) is 2.47. The number of hydrogen-bond acceptors (Lipinski definition) is 5. The van der Waals surface area contributed by atoms with Gasteiger partial charge in [0.2, 0.25) is 0 Å². The van der Waals surface area contributed by atoms with Crippen LogP contribution in [0.15, 0.2) is 17.2 Å². The first-order valence-electron chi connectivity index (χ1n) is 3.80. The van der Waals surface area contributed by atoms with Gasteiger partial charge in [-0.15, -0.1) is 0 Å². The van der Waals surface area contributed by atoms with Gasteiger partial charge in [0.05, 0.1) is 19.3 Å². The number of rotatable bonds is 4. The van der Waals surface area contributed by atoms with Crippen LogP contribution in [0.2, 0.25) is 0 Å². The van der Waals surface area contributed by atoms with Crippen molar-refractivity contribution in [1.29, 1.82) is 0 Å². The van der Waals surface area contributed by atoms with Crippen molar-refractivity contribution in [2.24, 2.45) is 0 Å². The fourth-order valence-corrected chi connectivity index (χ4v) is 0.797. The first kappa shape index (κ1) is 9.69. The lowest BCUT2D eigenvalue weighted by Crippen LogP contribution is -2.31. The molecule has 1 heterocycles. The van der Waals surface area contributed by atoms with Gasteiger partial charge in [-0.1, -0.05) is 0 Å². The van der Waals surface area contributed by atoms with Gasteiger partial charge in [0, 0.05) is 12.4 Å². The second-order valence-electron chi connectivity index (χ2n) is 2.47. The van der Waals surface area contributed by atoms with E-state index in [0.717, 1.165) is 0 Å². The summed E-state index contributed by atoms with van der Waals surface area (Å²) in [4.78, 5) is 17.2. The predicted molar refractivity (Wildman–Crippen MR) is 46.4 cm³/mol. The molecule has 72 valence electrons. The summed E-state index contributed by atoms with van der Waals surface area (Å²) in [5.74, 6) is 0.0931. The van der Waals surface area contributed by atoms with E-state index in [1.807, 2.05) is 0 Å². The van der Waals surface area contributed by atoms with Gasteiger partial charge in [-0.05, 0) is 0 Å². The van der Waals surface area contributed by atoms with E-state index in [0.29, 0.717) is 0 Å². The van der Waals surface area contributed by atoms with Gasteiger partial charge in [-0.3, -0.25) is 4.79 Å². The SMILES string of the molecule is O=c1[nH]ccnc1NC(CO)CO. The molecule has 6 heteroatoms. The molecule has 0 saturated carbocycles. The van der Waals surface area contributed by atoms with Gasteiger partial charge in [0.1, 0.15) is 0 Å². The Morgan fingerprint density at radius 1 is 1.54 bits per heavy atom. The first-order valence-corrected chi connectivity index (χ1v) is 3.80. The van der Waals surface area contributed by atoms with E-state index in [9.17, 15) is 4.79 Å². The van der Waals surface area contributed by atoms with E-state index in [4.69, 9.17) is 10.2 Å². The Hall–Kier alpha value is -1.40. The van der Waals surface area contributed by atoms with Gasteiger partial charge in [0.15, 0.2) is 5.82 Å². The van der Waals surface area contributed by atoms with E-state index in [1.54, 1.807) is 0 Å². The van der Waals surface area contributed by atoms with Crippen LogP contribution in [-0.4, -0.2) is 39.4 Å². The molecule has 0 aliphatic rings. The van der Waals surface area contributed by atoms with Crippen molar-refractivity contribution in [2.45, 2.75) is 6.04 Å².